The molecular formula is C15H18ClNO5. The van der Waals surface area contributed by atoms with Crippen molar-refractivity contribution in [1.29, 1.82) is 0 Å². The van der Waals surface area contributed by atoms with Crippen LogP contribution in [-0.2, 0) is 19.1 Å². The second kappa shape index (κ2) is 8.38. The quantitative estimate of drug-likeness (QED) is 0.806. The molecule has 0 saturated carbocycles. The predicted octanol–water partition coefficient (Wildman–Crippen LogP) is 1.81. The molecule has 6 nitrogen and oxygen atoms in total. The number of hydrogen-bond donors (Lipinski definition) is 1. The molecule has 1 aromatic carbocycles. The summed E-state index contributed by atoms with van der Waals surface area (Å²) >= 11 is 5.76. The van der Waals surface area contributed by atoms with Crippen LogP contribution in [-0.4, -0.2) is 38.1 Å². The van der Waals surface area contributed by atoms with E-state index in [1.165, 1.54) is 26.4 Å². The summed E-state index contributed by atoms with van der Waals surface area (Å²) in [5, 5.41) is 3.05. The fourth-order valence-corrected chi connectivity index (χ4v) is 1.98. The normalized spacial score (nSPS) is 12.9. The van der Waals surface area contributed by atoms with Crippen molar-refractivity contribution in [3.8, 4) is 0 Å². The van der Waals surface area contributed by atoms with Crippen molar-refractivity contribution in [3.63, 3.8) is 0 Å². The summed E-state index contributed by atoms with van der Waals surface area (Å²) in [5.41, 5.74) is 0.351. The average Bonchev–Trinajstić information content (AvgIpc) is 2.52. The fraction of sp³-hybridized carbons (Fsp3) is 0.400. The highest BCUT2D eigenvalue weighted by Crippen LogP contribution is 2.12. The molecule has 120 valence electrons. The molecule has 0 aliphatic rings. The van der Waals surface area contributed by atoms with Gasteiger partial charge in [-0.3, -0.25) is 9.59 Å². The van der Waals surface area contributed by atoms with Gasteiger partial charge in [0, 0.05) is 10.6 Å². The minimum Gasteiger partial charge on any atom is -0.469 e. The van der Waals surface area contributed by atoms with Gasteiger partial charge >= 0.3 is 11.9 Å². The first-order valence-electron chi connectivity index (χ1n) is 6.61. The molecule has 0 aliphatic heterocycles. The molecule has 0 aliphatic carbocycles. The largest absolute Gasteiger partial charge is 0.469 e. The minimum absolute atomic E-state index is 0.0820. The number of ether oxygens (including phenoxy) is 2. The van der Waals surface area contributed by atoms with Crippen LogP contribution in [0.2, 0.25) is 5.02 Å². The highest BCUT2D eigenvalue weighted by Gasteiger charge is 2.27. The van der Waals surface area contributed by atoms with E-state index in [4.69, 9.17) is 11.6 Å². The zero-order chi connectivity index (χ0) is 16.7. The lowest BCUT2D eigenvalue weighted by Gasteiger charge is -2.19. The number of amides is 1. The van der Waals surface area contributed by atoms with Gasteiger partial charge in [0.05, 0.1) is 20.1 Å². The Morgan fingerprint density at radius 3 is 2.14 bits per heavy atom. The van der Waals surface area contributed by atoms with Crippen molar-refractivity contribution in [2.45, 2.75) is 19.4 Å². The first-order chi connectivity index (χ1) is 10.4. The van der Waals surface area contributed by atoms with Gasteiger partial charge in [-0.25, -0.2) is 4.79 Å². The third-order valence-electron chi connectivity index (χ3n) is 3.09. The molecule has 1 aromatic rings. The molecule has 1 rings (SSSR count). The zero-order valence-electron chi connectivity index (χ0n) is 12.6. The molecule has 1 N–H and O–H groups in total. The van der Waals surface area contributed by atoms with Gasteiger partial charge in [-0.2, -0.15) is 0 Å². The molecule has 0 fully saturated rings. The van der Waals surface area contributed by atoms with Gasteiger partial charge in [0.2, 0.25) is 0 Å². The Labute approximate surface area is 133 Å². The molecule has 0 heterocycles. The van der Waals surface area contributed by atoms with Crippen molar-refractivity contribution >= 4 is 29.4 Å². The minimum atomic E-state index is -0.942. The van der Waals surface area contributed by atoms with Crippen LogP contribution >= 0.6 is 11.6 Å². The van der Waals surface area contributed by atoms with E-state index in [-0.39, 0.29) is 6.42 Å². The summed E-state index contributed by atoms with van der Waals surface area (Å²) in [6.45, 7) is 1.61. The molecule has 2 atom stereocenters. The number of methoxy groups -OCH3 is 2. The van der Waals surface area contributed by atoms with Crippen molar-refractivity contribution in [2.75, 3.05) is 14.2 Å². The van der Waals surface area contributed by atoms with Gasteiger partial charge < -0.3 is 14.8 Å². The molecule has 1 amide bonds. The van der Waals surface area contributed by atoms with Crippen molar-refractivity contribution < 1.29 is 23.9 Å². The van der Waals surface area contributed by atoms with Gasteiger partial charge in [0.25, 0.3) is 5.91 Å². The molecule has 0 saturated heterocycles. The maximum Gasteiger partial charge on any atom is 0.328 e. The molecule has 7 heteroatoms. The molecule has 0 bridgehead atoms. The summed E-state index contributed by atoms with van der Waals surface area (Å²) in [4.78, 5) is 35.3. The van der Waals surface area contributed by atoms with E-state index < -0.39 is 29.8 Å². The van der Waals surface area contributed by atoms with E-state index in [0.717, 1.165) is 0 Å². The maximum atomic E-state index is 12.1. The van der Waals surface area contributed by atoms with Crippen LogP contribution in [0.5, 0.6) is 0 Å². The molecule has 0 aromatic heterocycles. The Bertz CT molecular complexity index is 543. The Morgan fingerprint density at radius 1 is 1.09 bits per heavy atom. The Hall–Kier alpha value is -2.08. The standard InChI is InChI=1S/C15H18ClNO5/c1-9(14(19)21-2)8-12(15(20)22-3)17-13(18)10-4-6-11(16)7-5-10/h4-7,9,12H,8H2,1-3H3,(H,17,18)/t9-,12-/m0/s1. The summed E-state index contributed by atoms with van der Waals surface area (Å²) in [7, 11) is 2.48. The summed E-state index contributed by atoms with van der Waals surface area (Å²) in [6.07, 6.45) is 0.0820. The summed E-state index contributed by atoms with van der Waals surface area (Å²) < 4.78 is 9.27. The monoisotopic (exact) mass is 327 g/mol. The second-order valence-electron chi connectivity index (χ2n) is 4.72. The van der Waals surface area contributed by atoms with Crippen LogP contribution in [0.4, 0.5) is 0 Å². The first-order valence-corrected chi connectivity index (χ1v) is 6.99. The highest BCUT2D eigenvalue weighted by atomic mass is 35.5. The van der Waals surface area contributed by atoms with Gasteiger partial charge in [-0.1, -0.05) is 18.5 Å². The fourth-order valence-electron chi connectivity index (χ4n) is 1.85. The van der Waals surface area contributed by atoms with Gasteiger partial charge in [-0.15, -0.1) is 0 Å². The van der Waals surface area contributed by atoms with Crippen LogP contribution in [0.15, 0.2) is 24.3 Å². The van der Waals surface area contributed by atoms with Gasteiger partial charge in [0.1, 0.15) is 6.04 Å². The van der Waals surface area contributed by atoms with Crippen LogP contribution in [0.1, 0.15) is 23.7 Å². The Kier molecular flexibility index (Phi) is 6.85. The lowest BCUT2D eigenvalue weighted by atomic mass is 10.0. The number of rotatable bonds is 6. The lowest BCUT2D eigenvalue weighted by Crippen LogP contribution is -2.43. The van der Waals surface area contributed by atoms with E-state index in [9.17, 15) is 14.4 Å². The SMILES string of the molecule is COC(=O)[C@H](C[C@H](C)C(=O)OC)NC(=O)c1ccc(Cl)cc1. The number of carbonyl (C=O) groups excluding carboxylic acids is 3. The van der Waals surface area contributed by atoms with E-state index in [2.05, 4.69) is 14.8 Å². The van der Waals surface area contributed by atoms with Crippen molar-refractivity contribution in [1.82, 2.24) is 5.32 Å². The second-order valence-corrected chi connectivity index (χ2v) is 5.15. The molecule has 0 spiro atoms. The van der Waals surface area contributed by atoms with E-state index >= 15 is 0 Å². The third-order valence-corrected chi connectivity index (χ3v) is 3.34. The van der Waals surface area contributed by atoms with Gasteiger partial charge in [-0.05, 0) is 30.7 Å². The van der Waals surface area contributed by atoms with Crippen LogP contribution in [0.25, 0.3) is 0 Å². The van der Waals surface area contributed by atoms with E-state index in [1.807, 2.05) is 0 Å². The van der Waals surface area contributed by atoms with E-state index in [1.54, 1.807) is 19.1 Å². The molecular weight excluding hydrogens is 310 g/mol. The average molecular weight is 328 g/mol. The topological polar surface area (TPSA) is 81.7 Å². The zero-order valence-corrected chi connectivity index (χ0v) is 13.3. The summed E-state index contributed by atoms with van der Waals surface area (Å²) in [6, 6.07) is 5.27. The number of halogens is 1. The maximum absolute atomic E-state index is 12.1. The molecule has 0 unspecified atom stereocenters. The Balaban J connectivity index is 2.80. The van der Waals surface area contributed by atoms with Crippen LogP contribution in [0, 0.1) is 5.92 Å². The summed E-state index contributed by atoms with van der Waals surface area (Å²) in [5.74, 6) is -2.10. The molecule has 22 heavy (non-hydrogen) atoms. The number of hydrogen-bond acceptors (Lipinski definition) is 5. The number of nitrogens with one attached hydrogen (secondary N) is 1. The van der Waals surface area contributed by atoms with Crippen molar-refractivity contribution in [3.05, 3.63) is 34.9 Å². The lowest BCUT2D eigenvalue weighted by molar-refractivity contribution is -0.147. The predicted molar refractivity (Wildman–Crippen MR) is 80.5 cm³/mol. The van der Waals surface area contributed by atoms with Gasteiger partial charge in [0.15, 0.2) is 0 Å². The van der Waals surface area contributed by atoms with Crippen LogP contribution < -0.4 is 5.32 Å². The third kappa shape index (κ3) is 5.04. The smallest absolute Gasteiger partial charge is 0.328 e. The number of carbonyl (C=O) groups is 3. The number of benzene rings is 1. The Morgan fingerprint density at radius 2 is 1.64 bits per heavy atom. The highest BCUT2D eigenvalue weighted by molar-refractivity contribution is 6.30. The first kappa shape index (κ1) is 18.0. The van der Waals surface area contributed by atoms with Crippen molar-refractivity contribution in [2.24, 2.45) is 5.92 Å². The van der Waals surface area contributed by atoms with Crippen LogP contribution in [0.3, 0.4) is 0 Å². The molecule has 0 radical (unpaired) electrons. The van der Waals surface area contributed by atoms with E-state index in [0.29, 0.717) is 10.6 Å². The number of esters is 2.